The molecule has 3 rings (SSSR count). The van der Waals surface area contributed by atoms with Crippen LogP contribution in [-0.2, 0) is 14.8 Å². The van der Waals surface area contributed by atoms with Gasteiger partial charge in [0.15, 0.2) is 0 Å². The molecule has 0 bridgehead atoms. The minimum Gasteiger partial charge on any atom is -0.494 e. The molecule has 0 saturated carbocycles. The molecule has 0 aromatic heterocycles. The second kappa shape index (κ2) is 11.2. The standard InChI is InChI=1S/C23H22Cl2N2O4S2/c1-3-31-17-9-7-16(8-10-17)27(33(29,30)19-13-11-18(32-2)12-14-19)15-22(28)26-21-6-4-5-20(24)23(21)25/h4-14H,3,15H2,1-2H3,(H,26,28). The minimum absolute atomic E-state index is 0.0720. The summed E-state index contributed by atoms with van der Waals surface area (Å²) in [4.78, 5) is 13.9. The van der Waals surface area contributed by atoms with E-state index in [-0.39, 0.29) is 14.9 Å². The number of nitrogens with zero attached hydrogens (tertiary/aromatic N) is 1. The summed E-state index contributed by atoms with van der Waals surface area (Å²) in [5.74, 6) is 0.0236. The van der Waals surface area contributed by atoms with Crippen molar-refractivity contribution in [3.8, 4) is 5.75 Å². The first kappa shape index (κ1) is 25.2. The van der Waals surface area contributed by atoms with Crippen LogP contribution < -0.4 is 14.4 Å². The number of carbonyl (C=O) groups excluding carboxylic acids is 1. The Morgan fingerprint density at radius 1 is 1.03 bits per heavy atom. The van der Waals surface area contributed by atoms with Crippen LogP contribution in [0, 0.1) is 0 Å². The van der Waals surface area contributed by atoms with Crippen LogP contribution in [0.4, 0.5) is 11.4 Å². The average Bonchev–Trinajstić information content (AvgIpc) is 2.81. The van der Waals surface area contributed by atoms with E-state index in [0.29, 0.717) is 23.7 Å². The predicted octanol–water partition coefficient (Wildman–Crippen LogP) is 5.95. The fourth-order valence-electron chi connectivity index (χ4n) is 2.99. The smallest absolute Gasteiger partial charge is 0.264 e. The molecular weight excluding hydrogens is 503 g/mol. The number of hydrogen-bond donors (Lipinski definition) is 1. The van der Waals surface area contributed by atoms with Gasteiger partial charge in [0.1, 0.15) is 12.3 Å². The second-order valence-electron chi connectivity index (χ2n) is 6.76. The van der Waals surface area contributed by atoms with Gasteiger partial charge in [0.2, 0.25) is 5.91 Å². The van der Waals surface area contributed by atoms with E-state index in [1.54, 1.807) is 54.6 Å². The maximum absolute atomic E-state index is 13.5. The van der Waals surface area contributed by atoms with Gasteiger partial charge in [-0.15, -0.1) is 11.8 Å². The third kappa shape index (κ3) is 6.14. The van der Waals surface area contributed by atoms with Crippen LogP contribution in [0.3, 0.4) is 0 Å². The number of sulfonamides is 1. The van der Waals surface area contributed by atoms with E-state index in [9.17, 15) is 13.2 Å². The van der Waals surface area contributed by atoms with Gasteiger partial charge >= 0.3 is 0 Å². The van der Waals surface area contributed by atoms with E-state index >= 15 is 0 Å². The number of amides is 1. The van der Waals surface area contributed by atoms with E-state index in [0.717, 1.165) is 9.20 Å². The monoisotopic (exact) mass is 524 g/mol. The fourth-order valence-corrected chi connectivity index (χ4v) is 5.16. The van der Waals surface area contributed by atoms with Crippen molar-refractivity contribution in [2.75, 3.05) is 29.0 Å². The Morgan fingerprint density at radius 3 is 2.30 bits per heavy atom. The van der Waals surface area contributed by atoms with Crippen molar-refractivity contribution in [2.24, 2.45) is 0 Å². The summed E-state index contributed by atoms with van der Waals surface area (Å²) in [6.07, 6.45) is 1.90. The van der Waals surface area contributed by atoms with Crippen molar-refractivity contribution in [1.82, 2.24) is 0 Å². The molecule has 0 radical (unpaired) electrons. The molecule has 0 unspecified atom stereocenters. The van der Waals surface area contributed by atoms with E-state index in [1.165, 1.54) is 23.9 Å². The summed E-state index contributed by atoms with van der Waals surface area (Å²) in [5.41, 5.74) is 0.613. The van der Waals surface area contributed by atoms with Crippen molar-refractivity contribution < 1.29 is 17.9 Å². The van der Waals surface area contributed by atoms with Crippen LogP contribution in [0.2, 0.25) is 10.0 Å². The summed E-state index contributed by atoms with van der Waals surface area (Å²) >= 11 is 13.7. The molecule has 10 heteroatoms. The van der Waals surface area contributed by atoms with Crippen molar-refractivity contribution in [3.05, 3.63) is 76.8 Å². The highest BCUT2D eigenvalue weighted by molar-refractivity contribution is 7.98. The molecule has 0 aliphatic rings. The third-order valence-electron chi connectivity index (χ3n) is 4.60. The number of thioether (sulfide) groups is 1. The Kier molecular flexibility index (Phi) is 8.53. The van der Waals surface area contributed by atoms with Crippen LogP contribution in [0.15, 0.2) is 76.5 Å². The predicted molar refractivity (Wildman–Crippen MR) is 135 cm³/mol. The highest BCUT2D eigenvalue weighted by Crippen LogP contribution is 2.30. The number of benzene rings is 3. The lowest BCUT2D eigenvalue weighted by Gasteiger charge is -2.24. The molecule has 0 atom stereocenters. The first-order chi connectivity index (χ1) is 15.8. The van der Waals surface area contributed by atoms with Gasteiger partial charge in [0, 0.05) is 4.90 Å². The summed E-state index contributed by atoms with van der Waals surface area (Å²) < 4.78 is 33.5. The van der Waals surface area contributed by atoms with E-state index in [1.807, 2.05) is 13.2 Å². The molecule has 0 fully saturated rings. The summed E-state index contributed by atoms with van der Waals surface area (Å²) in [7, 11) is -4.05. The molecule has 6 nitrogen and oxygen atoms in total. The number of rotatable bonds is 9. The average molecular weight is 525 g/mol. The zero-order valence-corrected chi connectivity index (χ0v) is 21.1. The number of hydrogen-bond acceptors (Lipinski definition) is 5. The lowest BCUT2D eigenvalue weighted by atomic mass is 10.3. The Labute approximate surface area is 207 Å². The lowest BCUT2D eigenvalue weighted by molar-refractivity contribution is -0.114. The number of ether oxygens (including phenoxy) is 1. The first-order valence-electron chi connectivity index (χ1n) is 9.89. The Morgan fingerprint density at radius 2 is 1.70 bits per heavy atom. The lowest BCUT2D eigenvalue weighted by Crippen LogP contribution is -2.38. The first-order valence-corrected chi connectivity index (χ1v) is 13.3. The van der Waals surface area contributed by atoms with Gasteiger partial charge in [-0.05, 0) is 73.8 Å². The maximum Gasteiger partial charge on any atom is 0.264 e. The molecule has 0 heterocycles. The van der Waals surface area contributed by atoms with Crippen LogP contribution >= 0.6 is 35.0 Å². The van der Waals surface area contributed by atoms with Gasteiger partial charge in [-0.2, -0.15) is 0 Å². The summed E-state index contributed by atoms with van der Waals surface area (Å²) in [5, 5.41) is 3.09. The molecule has 0 saturated heterocycles. The van der Waals surface area contributed by atoms with Crippen LogP contribution in [0.5, 0.6) is 5.75 Å². The highest BCUT2D eigenvalue weighted by atomic mass is 35.5. The van der Waals surface area contributed by atoms with Crippen molar-refractivity contribution in [3.63, 3.8) is 0 Å². The zero-order chi connectivity index (χ0) is 24.0. The molecule has 0 aliphatic heterocycles. The Balaban J connectivity index is 1.95. The molecular formula is C23H22Cl2N2O4S2. The molecule has 3 aromatic rings. The van der Waals surface area contributed by atoms with Crippen LogP contribution in [-0.4, -0.2) is 33.7 Å². The van der Waals surface area contributed by atoms with Crippen molar-refractivity contribution >= 4 is 62.3 Å². The third-order valence-corrected chi connectivity index (χ3v) is 7.95. The van der Waals surface area contributed by atoms with Crippen molar-refractivity contribution in [2.45, 2.75) is 16.7 Å². The summed E-state index contributed by atoms with van der Waals surface area (Å²) in [6.45, 7) is 1.86. The molecule has 0 spiro atoms. The largest absolute Gasteiger partial charge is 0.494 e. The molecule has 0 aliphatic carbocycles. The van der Waals surface area contributed by atoms with Gasteiger partial charge in [-0.1, -0.05) is 29.3 Å². The van der Waals surface area contributed by atoms with Crippen molar-refractivity contribution in [1.29, 1.82) is 0 Å². The molecule has 1 N–H and O–H groups in total. The molecule has 1 amide bonds. The molecule has 33 heavy (non-hydrogen) atoms. The fraction of sp³-hybridized carbons (Fsp3) is 0.174. The normalized spacial score (nSPS) is 11.2. The maximum atomic E-state index is 13.5. The Hall–Kier alpha value is -2.39. The SMILES string of the molecule is CCOc1ccc(N(CC(=O)Nc2cccc(Cl)c2Cl)S(=O)(=O)c2ccc(SC)cc2)cc1. The van der Waals surface area contributed by atoms with E-state index in [4.69, 9.17) is 27.9 Å². The van der Waals surface area contributed by atoms with E-state index < -0.39 is 22.5 Å². The highest BCUT2D eigenvalue weighted by Gasteiger charge is 2.27. The molecule has 174 valence electrons. The van der Waals surface area contributed by atoms with Crippen LogP contribution in [0.1, 0.15) is 6.92 Å². The zero-order valence-electron chi connectivity index (χ0n) is 17.9. The number of anilines is 2. The quantitative estimate of drug-likeness (QED) is 0.350. The Bertz CT molecular complexity index is 1220. The van der Waals surface area contributed by atoms with Gasteiger partial charge < -0.3 is 10.1 Å². The number of carbonyl (C=O) groups is 1. The number of nitrogens with one attached hydrogen (secondary N) is 1. The topological polar surface area (TPSA) is 75.7 Å². The summed E-state index contributed by atoms with van der Waals surface area (Å²) in [6, 6.07) is 17.8. The minimum atomic E-state index is -4.05. The van der Waals surface area contributed by atoms with Gasteiger partial charge in [0.25, 0.3) is 10.0 Å². The van der Waals surface area contributed by atoms with Gasteiger partial charge in [-0.25, -0.2) is 8.42 Å². The number of halogens is 2. The second-order valence-corrected chi connectivity index (χ2v) is 10.3. The van der Waals surface area contributed by atoms with Gasteiger partial charge in [0.05, 0.1) is 32.9 Å². The van der Waals surface area contributed by atoms with E-state index in [2.05, 4.69) is 5.32 Å². The molecule has 3 aromatic carbocycles. The van der Waals surface area contributed by atoms with Crippen LogP contribution in [0.25, 0.3) is 0 Å². The van der Waals surface area contributed by atoms with Gasteiger partial charge in [-0.3, -0.25) is 9.10 Å².